The van der Waals surface area contributed by atoms with Gasteiger partial charge < -0.3 is 9.46 Å². The van der Waals surface area contributed by atoms with E-state index >= 15 is 0 Å². The number of amidine groups is 1. The van der Waals surface area contributed by atoms with Gasteiger partial charge in [0.25, 0.3) is 0 Å². The maximum Gasteiger partial charge on any atom is 0.316 e. The van der Waals surface area contributed by atoms with Crippen LogP contribution in [-0.4, -0.2) is 47.1 Å². The molecule has 11 heteroatoms. The molecule has 0 aliphatic rings. The van der Waals surface area contributed by atoms with Gasteiger partial charge in [-0.05, 0) is 19.9 Å². The highest BCUT2D eigenvalue weighted by atomic mass is 32.3. The lowest BCUT2D eigenvalue weighted by Crippen LogP contribution is -2.45. The van der Waals surface area contributed by atoms with Crippen LogP contribution in [-0.2, 0) is 14.0 Å². The largest absolute Gasteiger partial charge is 0.467 e. The minimum Gasteiger partial charge on any atom is -0.467 e. The SMILES string of the molecule is C=C(N=C(N=C(C)C)OC)C(=O)c1cc(F)cc(F)c1NS(C)(C)(=O)C(F)F. The van der Waals surface area contributed by atoms with Crippen LogP contribution in [0.1, 0.15) is 24.2 Å². The molecular formula is C17H21F4N3O3S. The Hall–Kier alpha value is -2.56. The summed E-state index contributed by atoms with van der Waals surface area (Å²) in [5.74, 6) is -7.01. The van der Waals surface area contributed by atoms with Crippen LogP contribution in [0.5, 0.6) is 0 Å². The molecule has 1 aromatic rings. The number of nitrogens with one attached hydrogen (secondary N) is 1. The first-order chi connectivity index (χ1) is 12.7. The van der Waals surface area contributed by atoms with Gasteiger partial charge in [0.15, 0.2) is 5.82 Å². The van der Waals surface area contributed by atoms with Crippen LogP contribution >= 0.6 is 0 Å². The summed E-state index contributed by atoms with van der Waals surface area (Å²) in [5.41, 5.74) is -1.54. The first-order valence-electron chi connectivity index (χ1n) is 7.71. The van der Waals surface area contributed by atoms with Crippen LogP contribution in [0.25, 0.3) is 0 Å². The number of benzene rings is 1. The Morgan fingerprint density at radius 2 is 1.79 bits per heavy atom. The van der Waals surface area contributed by atoms with E-state index in [-0.39, 0.29) is 6.02 Å². The summed E-state index contributed by atoms with van der Waals surface area (Å²) in [5, 5.41) is 0. The molecule has 0 spiro atoms. The van der Waals surface area contributed by atoms with E-state index in [0.29, 0.717) is 30.4 Å². The van der Waals surface area contributed by atoms with Crippen molar-refractivity contribution >= 4 is 32.5 Å². The van der Waals surface area contributed by atoms with E-state index in [1.54, 1.807) is 13.8 Å². The molecule has 0 unspecified atom stereocenters. The zero-order valence-electron chi connectivity index (χ0n) is 16.0. The molecule has 28 heavy (non-hydrogen) atoms. The normalized spacial score (nSPS) is 13.5. The van der Waals surface area contributed by atoms with Crippen molar-refractivity contribution in [1.82, 2.24) is 0 Å². The maximum absolute atomic E-state index is 14.3. The number of ether oxygens (including phenoxy) is 1. The molecule has 1 aromatic carbocycles. The number of ketones is 1. The lowest BCUT2D eigenvalue weighted by molar-refractivity contribution is 0.103. The van der Waals surface area contributed by atoms with E-state index in [2.05, 4.69) is 16.6 Å². The summed E-state index contributed by atoms with van der Waals surface area (Å²) in [6, 6.07) is 0.722. The molecule has 156 valence electrons. The van der Waals surface area contributed by atoms with E-state index in [1.807, 2.05) is 4.72 Å². The van der Waals surface area contributed by atoms with Gasteiger partial charge in [-0.15, -0.1) is 0 Å². The van der Waals surface area contributed by atoms with Crippen molar-refractivity contribution in [3.63, 3.8) is 0 Å². The second kappa shape index (κ2) is 8.21. The van der Waals surface area contributed by atoms with Gasteiger partial charge in [0.05, 0.1) is 18.4 Å². The van der Waals surface area contributed by atoms with E-state index in [4.69, 9.17) is 4.74 Å². The van der Waals surface area contributed by atoms with E-state index in [9.17, 15) is 26.6 Å². The molecule has 0 aromatic heterocycles. The molecule has 0 atom stereocenters. The van der Waals surface area contributed by atoms with E-state index < -0.39 is 49.4 Å². The first-order valence-corrected chi connectivity index (χ1v) is 10.6. The molecule has 0 bridgehead atoms. The second-order valence-corrected chi connectivity index (χ2v) is 10.9. The van der Waals surface area contributed by atoms with Crippen molar-refractivity contribution in [2.45, 2.75) is 19.6 Å². The molecule has 0 saturated heterocycles. The summed E-state index contributed by atoms with van der Waals surface area (Å²) in [6.45, 7) is 6.66. The number of halogens is 4. The Morgan fingerprint density at radius 1 is 1.21 bits per heavy atom. The Balaban J connectivity index is 3.51. The third kappa shape index (κ3) is 5.72. The van der Waals surface area contributed by atoms with Crippen molar-refractivity contribution in [1.29, 1.82) is 0 Å². The zero-order valence-corrected chi connectivity index (χ0v) is 16.8. The number of methoxy groups -OCH3 is 1. The summed E-state index contributed by atoms with van der Waals surface area (Å²) >= 11 is 0. The number of nitrogens with zero attached hydrogens (tertiary/aromatic N) is 2. The number of hydrogen-bond donors (Lipinski definition) is 1. The highest BCUT2D eigenvalue weighted by Crippen LogP contribution is 2.33. The number of carbonyl (C=O) groups is 1. The molecule has 0 heterocycles. The minimum atomic E-state index is -4.91. The smallest absolute Gasteiger partial charge is 0.316 e. The molecule has 0 aliphatic heterocycles. The fraction of sp³-hybridized carbons (Fsp3) is 0.353. The van der Waals surface area contributed by atoms with Gasteiger partial charge in [-0.2, -0.15) is 13.8 Å². The second-order valence-electron chi connectivity index (χ2n) is 6.52. The quantitative estimate of drug-likeness (QED) is 0.249. The highest BCUT2D eigenvalue weighted by Gasteiger charge is 2.38. The predicted molar refractivity (Wildman–Crippen MR) is 103 cm³/mol. The van der Waals surface area contributed by atoms with Crippen LogP contribution in [0, 0.1) is 11.6 Å². The summed E-state index contributed by atoms with van der Waals surface area (Å²) in [7, 11) is -3.68. The molecule has 0 fully saturated rings. The van der Waals surface area contributed by atoms with Crippen molar-refractivity contribution < 1.29 is 31.3 Å². The summed E-state index contributed by atoms with van der Waals surface area (Å²) in [6.07, 6.45) is 1.38. The number of Topliss-reactive ketones (excluding diaryl/α,β-unsaturated/α-hetero) is 1. The molecule has 0 radical (unpaired) electrons. The van der Waals surface area contributed by atoms with Crippen LogP contribution in [0.4, 0.5) is 23.2 Å². The lowest BCUT2D eigenvalue weighted by Gasteiger charge is -2.35. The molecule has 6 nitrogen and oxygen atoms in total. The topological polar surface area (TPSA) is 80.1 Å². The van der Waals surface area contributed by atoms with Crippen molar-refractivity contribution in [3.8, 4) is 0 Å². The number of alkyl halides is 2. The van der Waals surface area contributed by atoms with Gasteiger partial charge in [0, 0.05) is 33.5 Å². The van der Waals surface area contributed by atoms with Crippen molar-refractivity contribution in [3.05, 3.63) is 41.6 Å². The van der Waals surface area contributed by atoms with Crippen molar-refractivity contribution in [2.75, 3.05) is 24.3 Å². The van der Waals surface area contributed by atoms with Gasteiger partial charge in [0.1, 0.15) is 11.5 Å². The fourth-order valence-corrected chi connectivity index (χ4v) is 2.74. The monoisotopic (exact) mass is 423 g/mol. The minimum absolute atomic E-state index is 0.245. The zero-order chi connectivity index (χ0) is 21.9. The number of aliphatic imine (C=N–C) groups is 2. The Morgan fingerprint density at radius 3 is 2.25 bits per heavy atom. The number of rotatable bonds is 6. The van der Waals surface area contributed by atoms with Crippen molar-refractivity contribution in [2.24, 2.45) is 9.98 Å². The number of anilines is 1. The van der Waals surface area contributed by atoms with E-state index in [0.717, 1.165) is 0 Å². The molecule has 0 saturated carbocycles. The summed E-state index contributed by atoms with van der Waals surface area (Å²) < 4.78 is 73.6. The molecule has 0 amide bonds. The van der Waals surface area contributed by atoms with Crippen LogP contribution in [0.3, 0.4) is 0 Å². The van der Waals surface area contributed by atoms with Crippen LogP contribution in [0.15, 0.2) is 34.4 Å². The Kier molecular flexibility index (Phi) is 6.89. The average molecular weight is 423 g/mol. The molecular weight excluding hydrogens is 402 g/mol. The summed E-state index contributed by atoms with van der Waals surface area (Å²) in [4.78, 5) is 20.2. The average Bonchev–Trinajstić information content (AvgIpc) is 2.54. The molecule has 1 N–H and O–H groups in total. The fourth-order valence-electron chi connectivity index (χ4n) is 1.83. The standard InChI is InChI=1S/C17H21F4N3O3S/c1-9(2)22-17(27-4)23-10(3)15(25)12-7-11(18)8-13(19)14(12)24-28(5,6,26)16(20)21/h7-8,16H,3H2,1-2,4-6H3,(H,24,26). The molecule has 0 aliphatic carbocycles. The number of allylic oxidation sites excluding steroid dienone is 1. The Labute approximate surface area is 159 Å². The third-order valence-electron chi connectivity index (χ3n) is 3.22. The highest BCUT2D eigenvalue weighted by molar-refractivity contribution is 8.20. The maximum atomic E-state index is 14.3. The van der Waals surface area contributed by atoms with Gasteiger partial charge >= 0.3 is 11.8 Å². The number of carbonyl (C=O) groups excluding carboxylic acids is 1. The number of hydrogen-bond acceptors (Lipinski definition) is 4. The predicted octanol–water partition coefficient (Wildman–Crippen LogP) is 3.77. The van der Waals surface area contributed by atoms with Crippen LogP contribution < -0.4 is 4.72 Å². The lowest BCUT2D eigenvalue weighted by atomic mass is 10.1. The van der Waals surface area contributed by atoms with Gasteiger partial charge in [-0.25, -0.2) is 13.8 Å². The van der Waals surface area contributed by atoms with Gasteiger partial charge in [0.2, 0.25) is 5.78 Å². The van der Waals surface area contributed by atoms with E-state index in [1.165, 1.54) is 7.11 Å². The van der Waals surface area contributed by atoms with Gasteiger partial charge in [-0.1, -0.05) is 6.58 Å². The molecule has 1 rings (SSSR count). The third-order valence-corrected chi connectivity index (χ3v) is 5.07. The Bertz CT molecular complexity index is 932. The van der Waals surface area contributed by atoms with Gasteiger partial charge in [-0.3, -0.25) is 9.00 Å². The van der Waals surface area contributed by atoms with Crippen LogP contribution in [0.2, 0.25) is 0 Å². The first kappa shape index (κ1) is 23.5.